The van der Waals surface area contributed by atoms with Gasteiger partial charge >= 0.3 is 5.97 Å². The van der Waals surface area contributed by atoms with Gasteiger partial charge < -0.3 is 9.47 Å². The first-order valence-electron chi connectivity index (χ1n) is 8.18. The lowest BCUT2D eigenvalue weighted by Crippen LogP contribution is -2.19. The van der Waals surface area contributed by atoms with Crippen LogP contribution in [0, 0.1) is 12.8 Å². The average molecular weight is 373 g/mol. The molecule has 1 heterocycles. The van der Waals surface area contributed by atoms with Crippen molar-refractivity contribution in [1.29, 1.82) is 0 Å². The van der Waals surface area contributed by atoms with Crippen molar-refractivity contribution in [2.45, 2.75) is 26.2 Å². The molecule has 0 radical (unpaired) electrons. The summed E-state index contributed by atoms with van der Waals surface area (Å²) in [6.45, 7) is 1.88. The number of aryl methyl sites for hydroxylation is 1. The first-order chi connectivity index (χ1) is 12.5. The van der Waals surface area contributed by atoms with E-state index in [1.54, 1.807) is 18.2 Å². The molecule has 0 aliphatic heterocycles. The van der Waals surface area contributed by atoms with Crippen LogP contribution in [0.2, 0.25) is 0 Å². The number of hydrazone groups is 1. The standard InChI is InChI=1S/C18H19N3O4S/c1-11-10-26-17(20-11)8-16(22)21-19-9-12-3-6-14(15(7-12)24-2)25-18(23)13-4-5-13/h3,6-7,9-10,13H,4-5,8H2,1-2H3,(H,21,22)/b19-9-. The molecule has 1 aliphatic carbocycles. The molecule has 0 saturated heterocycles. The molecule has 7 nitrogen and oxygen atoms in total. The zero-order chi connectivity index (χ0) is 18.5. The summed E-state index contributed by atoms with van der Waals surface area (Å²) in [6.07, 6.45) is 3.45. The van der Waals surface area contributed by atoms with Gasteiger partial charge in [0.2, 0.25) is 5.91 Å². The van der Waals surface area contributed by atoms with Gasteiger partial charge in [0.1, 0.15) is 5.01 Å². The quantitative estimate of drug-likeness (QED) is 0.348. The summed E-state index contributed by atoms with van der Waals surface area (Å²) in [5.74, 6) is 0.363. The van der Waals surface area contributed by atoms with Crippen molar-refractivity contribution >= 4 is 29.4 Å². The van der Waals surface area contributed by atoms with E-state index in [4.69, 9.17) is 9.47 Å². The van der Waals surface area contributed by atoms with Crippen LogP contribution in [-0.2, 0) is 16.0 Å². The molecule has 2 aromatic rings. The third kappa shape index (κ3) is 4.89. The van der Waals surface area contributed by atoms with Crippen molar-refractivity contribution in [3.63, 3.8) is 0 Å². The number of hydrogen-bond acceptors (Lipinski definition) is 7. The normalized spacial score (nSPS) is 13.6. The number of carbonyl (C=O) groups excluding carboxylic acids is 2. The molecule has 3 rings (SSSR count). The molecule has 1 amide bonds. The van der Waals surface area contributed by atoms with Gasteiger partial charge in [0.25, 0.3) is 0 Å². The smallest absolute Gasteiger partial charge is 0.314 e. The summed E-state index contributed by atoms with van der Waals surface area (Å²) in [5.41, 5.74) is 4.07. The average Bonchev–Trinajstić information content (AvgIpc) is 3.39. The van der Waals surface area contributed by atoms with E-state index in [9.17, 15) is 9.59 Å². The van der Waals surface area contributed by atoms with Crippen LogP contribution in [0.3, 0.4) is 0 Å². The molecule has 8 heteroatoms. The molecular formula is C18H19N3O4S. The molecule has 1 saturated carbocycles. The van der Waals surface area contributed by atoms with Gasteiger partial charge in [-0.2, -0.15) is 5.10 Å². The predicted octanol–water partition coefficient (Wildman–Crippen LogP) is 2.47. The Morgan fingerprint density at radius 1 is 1.38 bits per heavy atom. The van der Waals surface area contributed by atoms with Crippen LogP contribution in [0.15, 0.2) is 28.7 Å². The maximum absolute atomic E-state index is 11.8. The molecule has 0 bridgehead atoms. The first kappa shape index (κ1) is 18.1. The predicted molar refractivity (Wildman–Crippen MR) is 97.6 cm³/mol. The summed E-state index contributed by atoms with van der Waals surface area (Å²) in [4.78, 5) is 27.8. The van der Waals surface area contributed by atoms with E-state index < -0.39 is 0 Å². The van der Waals surface area contributed by atoms with E-state index in [0.717, 1.165) is 23.5 Å². The Labute approximate surface area is 155 Å². The lowest BCUT2D eigenvalue weighted by molar-refractivity contribution is -0.135. The van der Waals surface area contributed by atoms with Crippen molar-refractivity contribution in [2.24, 2.45) is 11.0 Å². The minimum absolute atomic E-state index is 0.0118. The monoisotopic (exact) mass is 373 g/mol. The van der Waals surface area contributed by atoms with Gasteiger partial charge in [-0.3, -0.25) is 9.59 Å². The molecule has 1 aromatic carbocycles. The molecule has 1 aromatic heterocycles. The van der Waals surface area contributed by atoms with E-state index in [1.807, 2.05) is 12.3 Å². The van der Waals surface area contributed by atoms with E-state index >= 15 is 0 Å². The van der Waals surface area contributed by atoms with Crippen molar-refractivity contribution < 1.29 is 19.1 Å². The number of carbonyl (C=O) groups is 2. The van der Waals surface area contributed by atoms with Gasteiger partial charge in [-0.05, 0) is 43.5 Å². The van der Waals surface area contributed by atoms with E-state index in [-0.39, 0.29) is 24.2 Å². The fourth-order valence-corrected chi connectivity index (χ4v) is 2.97. The van der Waals surface area contributed by atoms with E-state index in [1.165, 1.54) is 24.7 Å². The summed E-state index contributed by atoms with van der Waals surface area (Å²) in [5, 5.41) is 6.59. The summed E-state index contributed by atoms with van der Waals surface area (Å²) in [6, 6.07) is 5.08. The third-order valence-corrected chi connectivity index (χ3v) is 4.66. The van der Waals surface area contributed by atoms with Crippen LogP contribution in [0.1, 0.15) is 29.1 Å². The Hall–Kier alpha value is -2.74. The molecule has 0 spiro atoms. The Morgan fingerprint density at radius 3 is 2.85 bits per heavy atom. The SMILES string of the molecule is COc1cc(/C=N\NC(=O)Cc2nc(C)cs2)ccc1OC(=O)C1CC1. The van der Waals surface area contributed by atoms with Crippen LogP contribution in [0.25, 0.3) is 0 Å². The minimum Gasteiger partial charge on any atom is -0.493 e. The van der Waals surface area contributed by atoms with Gasteiger partial charge in [0, 0.05) is 11.1 Å². The van der Waals surface area contributed by atoms with E-state index in [2.05, 4.69) is 15.5 Å². The largest absolute Gasteiger partial charge is 0.493 e. The van der Waals surface area contributed by atoms with Gasteiger partial charge in [-0.25, -0.2) is 10.4 Å². The number of amides is 1. The topological polar surface area (TPSA) is 89.9 Å². The molecule has 1 aliphatic rings. The van der Waals surface area contributed by atoms with Crippen molar-refractivity contribution in [3.05, 3.63) is 39.8 Å². The Balaban J connectivity index is 1.57. The zero-order valence-electron chi connectivity index (χ0n) is 14.5. The molecule has 0 unspecified atom stereocenters. The molecule has 136 valence electrons. The molecular weight excluding hydrogens is 354 g/mol. The highest BCUT2D eigenvalue weighted by Crippen LogP contribution is 2.34. The van der Waals surface area contributed by atoms with Gasteiger partial charge in [-0.15, -0.1) is 11.3 Å². The number of benzene rings is 1. The number of nitrogens with one attached hydrogen (secondary N) is 1. The highest BCUT2D eigenvalue weighted by Gasteiger charge is 2.32. The second-order valence-electron chi connectivity index (χ2n) is 5.96. The second-order valence-corrected chi connectivity index (χ2v) is 6.90. The van der Waals surface area contributed by atoms with Crippen LogP contribution < -0.4 is 14.9 Å². The van der Waals surface area contributed by atoms with Gasteiger partial charge in [-0.1, -0.05) is 0 Å². The molecule has 0 atom stereocenters. The first-order valence-corrected chi connectivity index (χ1v) is 9.06. The van der Waals surface area contributed by atoms with Crippen LogP contribution in [0.4, 0.5) is 0 Å². The summed E-state index contributed by atoms with van der Waals surface area (Å²) < 4.78 is 10.6. The highest BCUT2D eigenvalue weighted by atomic mass is 32.1. The zero-order valence-corrected chi connectivity index (χ0v) is 15.3. The number of hydrogen-bond donors (Lipinski definition) is 1. The second kappa shape index (κ2) is 8.09. The van der Waals surface area contributed by atoms with Crippen LogP contribution in [0.5, 0.6) is 11.5 Å². The number of rotatable bonds is 7. The number of methoxy groups -OCH3 is 1. The number of ether oxygens (including phenoxy) is 2. The maximum atomic E-state index is 11.8. The Bertz CT molecular complexity index is 843. The lowest BCUT2D eigenvalue weighted by Gasteiger charge is -2.09. The number of nitrogens with zero attached hydrogens (tertiary/aromatic N) is 2. The summed E-state index contributed by atoms with van der Waals surface area (Å²) in [7, 11) is 1.50. The van der Waals surface area contributed by atoms with Crippen LogP contribution >= 0.6 is 11.3 Å². The number of aromatic nitrogens is 1. The Kier molecular flexibility index (Phi) is 5.62. The van der Waals surface area contributed by atoms with Crippen molar-refractivity contribution in [1.82, 2.24) is 10.4 Å². The highest BCUT2D eigenvalue weighted by molar-refractivity contribution is 7.09. The molecule has 1 fully saturated rings. The van der Waals surface area contributed by atoms with E-state index in [0.29, 0.717) is 17.1 Å². The molecule has 26 heavy (non-hydrogen) atoms. The van der Waals surface area contributed by atoms with Gasteiger partial charge in [0.15, 0.2) is 11.5 Å². The maximum Gasteiger partial charge on any atom is 0.314 e. The lowest BCUT2D eigenvalue weighted by atomic mass is 10.2. The Morgan fingerprint density at radius 2 is 2.19 bits per heavy atom. The molecule has 1 N–H and O–H groups in total. The third-order valence-electron chi connectivity index (χ3n) is 3.69. The fraction of sp³-hybridized carbons (Fsp3) is 0.333. The minimum atomic E-state index is -0.238. The van der Waals surface area contributed by atoms with Crippen molar-refractivity contribution in [2.75, 3.05) is 7.11 Å². The van der Waals surface area contributed by atoms with Gasteiger partial charge in [0.05, 0.1) is 25.7 Å². The number of esters is 1. The van der Waals surface area contributed by atoms with Crippen LogP contribution in [-0.4, -0.2) is 30.2 Å². The summed E-state index contributed by atoms with van der Waals surface area (Å²) >= 11 is 1.44. The van der Waals surface area contributed by atoms with Crippen molar-refractivity contribution in [3.8, 4) is 11.5 Å². The number of thiazole rings is 1. The fourth-order valence-electron chi connectivity index (χ4n) is 2.20.